The number of carbonyl (C=O) groups is 2. The zero-order chi connectivity index (χ0) is 17.8. The SMILES string of the molecule is O=C(COC(=O)c1cc2ccccc2o1)NCc1ccc(Cl)cc1Cl. The molecule has 7 heteroatoms. The van der Waals surface area contributed by atoms with Gasteiger partial charge in [-0.3, -0.25) is 4.79 Å². The van der Waals surface area contributed by atoms with Crippen molar-refractivity contribution in [1.29, 1.82) is 0 Å². The number of carbonyl (C=O) groups excluding carboxylic acids is 2. The van der Waals surface area contributed by atoms with Crippen molar-refractivity contribution in [3.05, 3.63) is 69.9 Å². The molecule has 0 atom stereocenters. The highest BCUT2D eigenvalue weighted by Crippen LogP contribution is 2.21. The van der Waals surface area contributed by atoms with Crippen molar-refractivity contribution in [3.8, 4) is 0 Å². The molecule has 0 saturated heterocycles. The van der Waals surface area contributed by atoms with E-state index in [0.29, 0.717) is 21.2 Å². The summed E-state index contributed by atoms with van der Waals surface area (Å²) >= 11 is 11.8. The molecule has 25 heavy (non-hydrogen) atoms. The average molecular weight is 378 g/mol. The first-order valence-electron chi connectivity index (χ1n) is 7.39. The van der Waals surface area contributed by atoms with Crippen LogP contribution in [0.1, 0.15) is 16.1 Å². The van der Waals surface area contributed by atoms with Crippen LogP contribution >= 0.6 is 23.2 Å². The summed E-state index contributed by atoms with van der Waals surface area (Å²) in [7, 11) is 0. The Labute approximate surface area is 153 Å². The third kappa shape index (κ3) is 4.32. The van der Waals surface area contributed by atoms with Crippen LogP contribution in [0.4, 0.5) is 0 Å². The number of hydrogen-bond acceptors (Lipinski definition) is 4. The van der Waals surface area contributed by atoms with Crippen LogP contribution in [0.15, 0.2) is 52.9 Å². The minimum absolute atomic E-state index is 0.0507. The highest BCUT2D eigenvalue weighted by Gasteiger charge is 2.15. The molecule has 0 radical (unpaired) electrons. The highest BCUT2D eigenvalue weighted by molar-refractivity contribution is 6.35. The van der Waals surface area contributed by atoms with Crippen LogP contribution in [0.2, 0.25) is 10.0 Å². The molecule has 0 unspecified atom stereocenters. The standard InChI is InChI=1S/C18H13Cl2NO4/c19-13-6-5-12(14(20)8-13)9-21-17(22)10-24-18(23)16-7-11-3-1-2-4-15(11)25-16/h1-8H,9-10H2,(H,21,22). The van der Waals surface area contributed by atoms with E-state index in [2.05, 4.69) is 5.32 Å². The number of ether oxygens (including phenoxy) is 1. The molecule has 0 aliphatic rings. The second kappa shape index (κ2) is 7.59. The predicted molar refractivity (Wildman–Crippen MR) is 94.8 cm³/mol. The molecule has 5 nitrogen and oxygen atoms in total. The Bertz CT molecular complexity index is 903. The number of rotatable bonds is 5. The summed E-state index contributed by atoms with van der Waals surface area (Å²) in [5, 5.41) is 4.37. The lowest BCUT2D eigenvalue weighted by Gasteiger charge is -2.07. The molecule has 1 amide bonds. The summed E-state index contributed by atoms with van der Waals surface area (Å²) in [4.78, 5) is 23.8. The summed E-state index contributed by atoms with van der Waals surface area (Å²) in [6.07, 6.45) is 0. The third-order valence-electron chi connectivity index (χ3n) is 3.45. The molecule has 2 aromatic carbocycles. The maximum absolute atomic E-state index is 12.0. The van der Waals surface area contributed by atoms with E-state index in [1.165, 1.54) is 0 Å². The van der Waals surface area contributed by atoms with Gasteiger partial charge < -0.3 is 14.5 Å². The van der Waals surface area contributed by atoms with Crippen molar-refractivity contribution < 1.29 is 18.7 Å². The van der Waals surface area contributed by atoms with Crippen molar-refractivity contribution >= 4 is 46.0 Å². The van der Waals surface area contributed by atoms with Gasteiger partial charge in [-0.1, -0.05) is 47.5 Å². The van der Waals surface area contributed by atoms with Gasteiger partial charge in [-0.2, -0.15) is 0 Å². The van der Waals surface area contributed by atoms with Gasteiger partial charge >= 0.3 is 5.97 Å². The zero-order valence-corrected chi connectivity index (χ0v) is 14.4. The van der Waals surface area contributed by atoms with E-state index in [0.717, 1.165) is 5.39 Å². The molecule has 0 aliphatic heterocycles. The second-order valence-electron chi connectivity index (χ2n) is 5.24. The van der Waals surface area contributed by atoms with Gasteiger partial charge in [0.2, 0.25) is 5.76 Å². The molecular weight excluding hydrogens is 365 g/mol. The zero-order valence-electron chi connectivity index (χ0n) is 12.9. The fraction of sp³-hybridized carbons (Fsp3) is 0.111. The summed E-state index contributed by atoms with van der Waals surface area (Å²) < 4.78 is 10.3. The minimum Gasteiger partial charge on any atom is -0.450 e. The Morgan fingerprint density at radius 3 is 2.64 bits per heavy atom. The van der Waals surface area contributed by atoms with Crippen molar-refractivity contribution in [3.63, 3.8) is 0 Å². The average Bonchev–Trinajstić information content (AvgIpc) is 3.03. The van der Waals surface area contributed by atoms with E-state index < -0.39 is 18.5 Å². The van der Waals surface area contributed by atoms with Crippen LogP contribution in [0.5, 0.6) is 0 Å². The highest BCUT2D eigenvalue weighted by atomic mass is 35.5. The maximum atomic E-state index is 12.0. The Kier molecular flexibility index (Phi) is 5.26. The van der Waals surface area contributed by atoms with Crippen molar-refractivity contribution in [2.24, 2.45) is 0 Å². The molecule has 0 saturated carbocycles. The van der Waals surface area contributed by atoms with Crippen LogP contribution < -0.4 is 5.32 Å². The first-order valence-corrected chi connectivity index (χ1v) is 8.15. The molecule has 3 rings (SSSR count). The van der Waals surface area contributed by atoms with Gasteiger partial charge in [0.1, 0.15) is 5.58 Å². The van der Waals surface area contributed by atoms with Crippen LogP contribution in [-0.4, -0.2) is 18.5 Å². The molecule has 3 aromatic rings. The smallest absolute Gasteiger partial charge is 0.374 e. The third-order valence-corrected chi connectivity index (χ3v) is 4.04. The van der Waals surface area contributed by atoms with Crippen molar-refractivity contribution in [1.82, 2.24) is 5.32 Å². The first kappa shape index (κ1) is 17.3. The molecule has 0 aliphatic carbocycles. The van der Waals surface area contributed by atoms with Crippen LogP contribution in [0, 0.1) is 0 Å². The fourth-order valence-electron chi connectivity index (χ4n) is 2.19. The monoisotopic (exact) mass is 377 g/mol. The fourth-order valence-corrected chi connectivity index (χ4v) is 2.67. The van der Waals surface area contributed by atoms with E-state index in [9.17, 15) is 9.59 Å². The van der Waals surface area contributed by atoms with E-state index in [1.807, 2.05) is 12.1 Å². The van der Waals surface area contributed by atoms with E-state index in [1.54, 1.807) is 36.4 Å². The van der Waals surface area contributed by atoms with Gasteiger partial charge in [-0.05, 0) is 29.8 Å². The minimum atomic E-state index is -0.698. The molecular formula is C18H13Cl2NO4. The first-order chi connectivity index (χ1) is 12.0. The lowest BCUT2D eigenvalue weighted by atomic mass is 10.2. The van der Waals surface area contributed by atoms with Gasteiger partial charge in [-0.15, -0.1) is 0 Å². The molecule has 128 valence electrons. The number of para-hydroxylation sites is 1. The summed E-state index contributed by atoms with van der Waals surface area (Å²) in [6.45, 7) is -0.210. The maximum Gasteiger partial charge on any atom is 0.374 e. The quantitative estimate of drug-likeness (QED) is 0.676. The van der Waals surface area contributed by atoms with Gasteiger partial charge in [-0.25, -0.2) is 4.79 Å². The van der Waals surface area contributed by atoms with Gasteiger partial charge in [0.15, 0.2) is 6.61 Å². The Balaban J connectivity index is 1.52. The van der Waals surface area contributed by atoms with Crippen LogP contribution in [0.25, 0.3) is 11.0 Å². The van der Waals surface area contributed by atoms with Crippen molar-refractivity contribution in [2.75, 3.05) is 6.61 Å². The Morgan fingerprint density at radius 1 is 1.08 bits per heavy atom. The largest absolute Gasteiger partial charge is 0.450 e. The topological polar surface area (TPSA) is 68.5 Å². The van der Waals surface area contributed by atoms with Gasteiger partial charge in [0.25, 0.3) is 5.91 Å². The number of furan rings is 1. The second-order valence-corrected chi connectivity index (χ2v) is 6.08. The van der Waals surface area contributed by atoms with Crippen LogP contribution in [-0.2, 0) is 16.1 Å². The lowest BCUT2D eigenvalue weighted by molar-refractivity contribution is -0.124. The van der Waals surface area contributed by atoms with Crippen LogP contribution in [0.3, 0.4) is 0 Å². The number of fused-ring (bicyclic) bond motifs is 1. The molecule has 0 spiro atoms. The van der Waals surface area contributed by atoms with E-state index >= 15 is 0 Å². The summed E-state index contributed by atoms with van der Waals surface area (Å²) in [5.74, 6) is -1.10. The van der Waals surface area contributed by atoms with Crippen molar-refractivity contribution in [2.45, 2.75) is 6.54 Å². The number of amides is 1. The lowest BCUT2D eigenvalue weighted by Crippen LogP contribution is -2.28. The normalized spacial score (nSPS) is 10.6. The number of benzene rings is 2. The number of nitrogens with one attached hydrogen (secondary N) is 1. The molecule has 1 heterocycles. The summed E-state index contributed by atoms with van der Waals surface area (Å²) in [5.41, 5.74) is 1.29. The van der Waals surface area contributed by atoms with Gasteiger partial charge in [0, 0.05) is 22.0 Å². The molecule has 0 bridgehead atoms. The molecule has 1 aromatic heterocycles. The summed E-state index contributed by atoms with van der Waals surface area (Å²) in [6, 6.07) is 13.8. The Morgan fingerprint density at radius 2 is 1.88 bits per heavy atom. The number of esters is 1. The molecule has 0 fully saturated rings. The molecule has 1 N–H and O–H groups in total. The van der Waals surface area contributed by atoms with E-state index in [-0.39, 0.29) is 12.3 Å². The van der Waals surface area contributed by atoms with Gasteiger partial charge in [0.05, 0.1) is 0 Å². The number of hydrogen-bond donors (Lipinski definition) is 1. The predicted octanol–water partition coefficient (Wildman–Crippen LogP) is 4.21. The Hall–Kier alpha value is -2.50. The number of halogens is 2. The van der Waals surface area contributed by atoms with E-state index in [4.69, 9.17) is 32.4 Å².